The van der Waals surface area contributed by atoms with Gasteiger partial charge in [0.25, 0.3) is 0 Å². The van der Waals surface area contributed by atoms with E-state index in [0.29, 0.717) is 0 Å². The molecule has 0 atom stereocenters. The van der Waals surface area contributed by atoms with Gasteiger partial charge in [0.2, 0.25) is 0 Å². The summed E-state index contributed by atoms with van der Waals surface area (Å²) in [5.41, 5.74) is -0.165. The summed E-state index contributed by atoms with van der Waals surface area (Å²) >= 11 is 3.01. The summed E-state index contributed by atoms with van der Waals surface area (Å²) in [6.07, 6.45) is 1.06. The summed E-state index contributed by atoms with van der Waals surface area (Å²) < 4.78 is 14.8. The molecule has 0 saturated carbocycles. The number of carboxylic acids is 1. The number of hydrogen-bond donors (Lipinski definition) is 1. The topological polar surface area (TPSA) is 68.0 Å². The predicted octanol–water partition coefficient (Wildman–Crippen LogP) is 1.87. The van der Waals surface area contributed by atoms with E-state index < -0.39 is 11.8 Å². The van der Waals surface area contributed by atoms with Crippen molar-refractivity contribution in [1.29, 1.82) is 0 Å². The fourth-order valence-corrected chi connectivity index (χ4v) is 1.57. The molecule has 5 nitrogen and oxygen atoms in total. The van der Waals surface area contributed by atoms with Gasteiger partial charge in [0.15, 0.2) is 11.5 Å². The second-order valence-electron chi connectivity index (χ2n) is 2.91. The monoisotopic (exact) mass is 285 g/mol. The summed E-state index contributed by atoms with van der Waals surface area (Å²) in [6.45, 7) is 0. The van der Waals surface area contributed by atoms with Crippen molar-refractivity contribution in [2.75, 3.05) is 0 Å². The molecule has 7 heteroatoms. The third-order valence-corrected chi connectivity index (χ3v) is 2.54. The fourth-order valence-electron chi connectivity index (χ4n) is 1.21. The van der Waals surface area contributed by atoms with Crippen LogP contribution in [0.3, 0.4) is 0 Å². The van der Waals surface area contributed by atoms with Crippen molar-refractivity contribution in [2.24, 2.45) is 0 Å². The molecule has 1 heterocycles. The van der Waals surface area contributed by atoms with Crippen LogP contribution >= 0.6 is 15.9 Å². The summed E-state index contributed by atoms with van der Waals surface area (Å²) in [7, 11) is 0. The van der Waals surface area contributed by atoms with E-state index in [4.69, 9.17) is 5.11 Å². The number of aromatic carboxylic acids is 1. The molecule has 2 aromatic rings. The van der Waals surface area contributed by atoms with Crippen LogP contribution in [0, 0.1) is 5.82 Å². The molecular formula is C9H5BrFN3O2. The first kappa shape index (κ1) is 10.7. The first-order valence-corrected chi connectivity index (χ1v) is 4.99. The van der Waals surface area contributed by atoms with E-state index in [-0.39, 0.29) is 15.9 Å². The van der Waals surface area contributed by atoms with Crippen LogP contribution in [0.4, 0.5) is 4.39 Å². The minimum Gasteiger partial charge on any atom is -0.476 e. The number of rotatable bonds is 2. The molecule has 0 spiro atoms. The Bertz CT molecular complexity index is 555. The minimum atomic E-state index is -1.22. The Hall–Kier alpha value is -1.76. The van der Waals surface area contributed by atoms with Crippen molar-refractivity contribution in [3.63, 3.8) is 0 Å². The Kier molecular flexibility index (Phi) is 2.69. The summed E-state index contributed by atoms with van der Waals surface area (Å²) in [4.78, 5) is 10.8. The number of nitrogens with zero attached hydrogens (tertiary/aromatic N) is 3. The quantitative estimate of drug-likeness (QED) is 0.915. The first-order valence-electron chi connectivity index (χ1n) is 4.19. The Morgan fingerprint density at radius 1 is 1.50 bits per heavy atom. The maximum Gasteiger partial charge on any atom is 0.356 e. The van der Waals surface area contributed by atoms with Gasteiger partial charge in [0.1, 0.15) is 5.69 Å². The van der Waals surface area contributed by atoms with Crippen molar-refractivity contribution in [2.45, 2.75) is 0 Å². The van der Waals surface area contributed by atoms with Gasteiger partial charge in [0.05, 0.1) is 10.7 Å². The van der Waals surface area contributed by atoms with Gasteiger partial charge in [-0.15, -0.1) is 5.10 Å². The van der Waals surface area contributed by atoms with Crippen molar-refractivity contribution in [1.82, 2.24) is 15.0 Å². The van der Waals surface area contributed by atoms with E-state index in [2.05, 4.69) is 26.2 Å². The van der Waals surface area contributed by atoms with E-state index >= 15 is 0 Å². The zero-order valence-corrected chi connectivity index (χ0v) is 9.35. The smallest absolute Gasteiger partial charge is 0.356 e. The molecular weight excluding hydrogens is 281 g/mol. The molecule has 0 unspecified atom stereocenters. The number of halogens is 2. The molecule has 0 amide bonds. The number of aromatic nitrogens is 3. The molecule has 0 saturated heterocycles. The maximum absolute atomic E-state index is 13.7. The Morgan fingerprint density at radius 3 is 2.94 bits per heavy atom. The highest BCUT2D eigenvalue weighted by Gasteiger charge is 2.16. The van der Waals surface area contributed by atoms with E-state index in [1.807, 2.05) is 0 Å². The molecule has 82 valence electrons. The molecule has 2 rings (SSSR count). The van der Waals surface area contributed by atoms with Gasteiger partial charge in [0, 0.05) is 0 Å². The number of carbonyl (C=O) groups is 1. The molecule has 0 fully saturated rings. The average Bonchev–Trinajstić information content (AvgIpc) is 2.70. The molecule has 1 aromatic heterocycles. The molecule has 16 heavy (non-hydrogen) atoms. The predicted molar refractivity (Wildman–Crippen MR) is 56.0 cm³/mol. The van der Waals surface area contributed by atoms with E-state index in [9.17, 15) is 9.18 Å². The number of benzene rings is 1. The van der Waals surface area contributed by atoms with Crippen LogP contribution in [0.5, 0.6) is 0 Å². The van der Waals surface area contributed by atoms with Crippen LogP contribution in [0.2, 0.25) is 0 Å². The Balaban J connectivity index is 2.63. The summed E-state index contributed by atoms with van der Waals surface area (Å²) in [6, 6.07) is 4.51. The molecule has 0 radical (unpaired) electrons. The molecule has 0 aliphatic heterocycles. The highest BCUT2D eigenvalue weighted by molar-refractivity contribution is 9.10. The maximum atomic E-state index is 13.7. The highest BCUT2D eigenvalue weighted by atomic mass is 79.9. The zero-order chi connectivity index (χ0) is 11.7. The lowest BCUT2D eigenvalue weighted by molar-refractivity contribution is 0.0687. The second kappa shape index (κ2) is 4.01. The number of carboxylic acid groups (broad SMARTS) is 1. The lowest BCUT2D eigenvalue weighted by Gasteiger charge is -2.05. The third kappa shape index (κ3) is 1.69. The molecule has 0 aliphatic carbocycles. The van der Waals surface area contributed by atoms with Crippen LogP contribution < -0.4 is 0 Å². The van der Waals surface area contributed by atoms with Crippen molar-refractivity contribution in [3.05, 3.63) is 40.4 Å². The lowest BCUT2D eigenvalue weighted by atomic mass is 10.3. The van der Waals surface area contributed by atoms with Crippen LogP contribution in [-0.4, -0.2) is 26.1 Å². The van der Waals surface area contributed by atoms with Crippen LogP contribution in [0.15, 0.2) is 28.9 Å². The highest BCUT2D eigenvalue weighted by Crippen LogP contribution is 2.21. The van der Waals surface area contributed by atoms with E-state index in [0.717, 1.165) is 10.9 Å². The van der Waals surface area contributed by atoms with Gasteiger partial charge < -0.3 is 5.11 Å². The standard InChI is InChI=1S/C9H5BrFN3O2/c10-5-2-1-3-6(8(5)11)14-7(9(15)16)4-12-13-14/h1-4H,(H,15,16). The van der Waals surface area contributed by atoms with Crippen molar-refractivity contribution >= 4 is 21.9 Å². The van der Waals surface area contributed by atoms with Crippen molar-refractivity contribution in [3.8, 4) is 5.69 Å². The van der Waals surface area contributed by atoms with E-state index in [1.165, 1.54) is 12.1 Å². The summed E-state index contributed by atoms with van der Waals surface area (Å²) in [5, 5.41) is 15.8. The van der Waals surface area contributed by atoms with E-state index in [1.54, 1.807) is 6.07 Å². The van der Waals surface area contributed by atoms with Crippen LogP contribution in [0.1, 0.15) is 10.5 Å². The Morgan fingerprint density at radius 2 is 2.25 bits per heavy atom. The zero-order valence-electron chi connectivity index (χ0n) is 7.76. The average molecular weight is 286 g/mol. The summed E-state index contributed by atoms with van der Waals surface area (Å²) in [5.74, 6) is -1.81. The van der Waals surface area contributed by atoms with Gasteiger partial charge in [-0.1, -0.05) is 11.3 Å². The van der Waals surface area contributed by atoms with Crippen molar-refractivity contribution < 1.29 is 14.3 Å². The second-order valence-corrected chi connectivity index (χ2v) is 3.76. The lowest BCUT2D eigenvalue weighted by Crippen LogP contribution is -2.09. The molecule has 1 N–H and O–H groups in total. The molecule has 1 aromatic carbocycles. The van der Waals surface area contributed by atoms with Crippen LogP contribution in [-0.2, 0) is 0 Å². The third-order valence-electron chi connectivity index (χ3n) is 1.93. The van der Waals surface area contributed by atoms with Gasteiger partial charge in [-0.3, -0.25) is 0 Å². The van der Waals surface area contributed by atoms with Gasteiger partial charge >= 0.3 is 5.97 Å². The minimum absolute atomic E-state index is 0.0317. The number of hydrogen-bond acceptors (Lipinski definition) is 3. The molecule has 0 bridgehead atoms. The fraction of sp³-hybridized carbons (Fsp3) is 0. The van der Waals surface area contributed by atoms with Gasteiger partial charge in [-0.2, -0.15) is 0 Å². The van der Waals surface area contributed by atoms with Gasteiger partial charge in [-0.05, 0) is 28.1 Å². The Labute approximate surface area is 97.6 Å². The largest absolute Gasteiger partial charge is 0.476 e. The SMILES string of the molecule is O=C(O)c1cnnn1-c1cccc(Br)c1F. The van der Waals surface area contributed by atoms with Gasteiger partial charge in [-0.25, -0.2) is 13.9 Å². The van der Waals surface area contributed by atoms with Crippen LogP contribution in [0.25, 0.3) is 5.69 Å². The first-order chi connectivity index (χ1) is 7.61. The molecule has 0 aliphatic rings. The normalized spacial score (nSPS) is 10.4.